The summed E-state index contributed by atoms with van der Waals surface area (Å²) in [7, 11) is -1.80. The molecule has 10 heteroatoms. The zero-order valence-electron chi connectivity index (χ0n) is 21.4. The first-order chi connectivity index (χ1) is 17.8. The van der Waals surface area contributed by atoms with Gasteiger partial charge in [0.1, 0.15) is 5.65 Å². The Bertz CT molecular complexity index is 1480. The van der Waals surface area contributed by atoms with Crippen LogP contribution in [0.4, 0.5) is 17.3 Å². The Balaban J connectivity index is 1.32. The van der Waals surface area contributed by atoms with E-state index in [9.17, 15) is 8.42 Å². The van der Waals surface area contributed by atoms with Gasteiger partial charge in [0, 0.05) is 62.7 Å². The van der Waals surface area contributed by atoms with Crippen molar-refractivity contribution in [1.29, 1.82) is 0 Å². The molecule has 0 saturated carbocycles. The van der Waals surface area contributed by atoms with Gasteiger partial charge in [-0.3, -0.25) is 9.21 Å². The number of rotatable bonds is 8. The maximum atomic E-state index is 12.1. The van der Waals surface area contributed by atoms with Crippen molar-refractivity contribution < 1.29 is 8.42 Å². The molecule has 37 heavy (non-hydrogen) atoms. The first kappa shape index (κ1) is 25.2. The van der Waals surface area contributed by atoms with Gasteiger partial charge in [-0.1, -0.05) is 30.3 Å². The average Bonchev–Trinajstić information content (AvgIpc) is 3.26. The van der Waals surface area contributed by atoms with Crippen molar-refractivity contribution in [2.75, 3.05) is 42.6 Å². The van der Waals surface area contributed by atoms with E-state index in [0.717, 1.165) is 48.5 Å². The summed E-state index contributed by atoms with van der Waals surface area (Å²) in [5.74, 6) is 0.512. The SMILES string of the molecule is C[C@H]1CN(Cc2ccc(Nc3ncc4ccn(Cc5ccccc5N(C)S(C)(=O)=O)c4n3)cc2)CCN1. The summed E-state index contributed by atoms with van der Waals surface area (Å²) in [6.07, 6.45) is 4.96. The molecular weight excluding hydrogens is 486 g/mol. The normalized spacial score (nSPS) is 16.7. The van der Waals surface area contributed by atoms with Gasteiger partial charge in [0.2, 0.25) is 16.0 Å². The van der Waals surface area contributed by atoms with E-state index in [2.05, 4.69) is 51.7 Å². The van der Waals surface area contributed by atoms with Gasteiger partial charge < -0.3 is 15.2 Å². The molecule has 1 aliphatic rings. The van der Waals surface area contributed by atoms with Gasteiger partial charge in [0.25, 0.3) is 0 Å². The monoisotopic (exact) mass is 519 g/mol. The Hall–Kier alpha value is -3.47. The summed E-state index contributed by atoms with van der Waals surface area (Å²) in [4.78, 5) is 11.7. The maximum absolute atomic E-state index is 12.1. The van der Waals surface area contributed by atoms with Crippen LogP contribution in [0.3, 0.4) is 0 Å². The molecule has 1 saturated heterocycles. The third-order valence-electron chi connectivity index (χ3n) is 6.74. The molecule has 2 N–H and O–H groups in total. The first-order valence-corrected chi connectivity index (χ1v) is 14.3. The van der Waals surface area contributed by atoms with Crippen molar-refractivity contribution in [3.8, 4) is 0 Å². The smallest absolute Gasteiger partial charge is 0.232 e. The van der Waals surface area contributed by atoms with Crippen molar-refractivity contribution in [3.63, 3.8) is 0 Å². The Morgan fingerprint density at radius 3 is 2.65 bits per heavy atom. The van der Waals surface area contributed by atoms with Crippen LogP contribution in [0.25, 0.3) is 11.0 Å². The Kier molecular flexibility index (Phi) is 7.14. The van der Waals surface area contributed by atoms with Crippen molar-refractivity contribution in [1.82, 2.24) is 24.8 Å². The zero-order valence-corrected chi connectivity index (χ0v) is 22.2. The molecule has 9 nitrogen and oxygen atoms in total. The minimum absolute atomic E-state index is 0.481. The molecule has 2 aromatic carbocycles. The van der Waals surface area contributed by atoms with Crippen molar-refractivity contribution in [2.24, 2.45) is 0 Å². The van der Waals surface area contributed by atoms with Crippen LogP contribution in [0.15, 0.2) is 67.0 Å². The lowest BCUT2D eigenvalue weighted by Crippen LogP contribution is -2.48. The Morgan fingerprint density at radius 1 is 1.11 bits per heavy atom. The molecular formula is C27H33N7O2S. The minimum atomic E-state index is -3.37. The number of sulfonamides is 1. The second kappa shape index (κ2) is 10.5. The summed E-state index contributed by atoms with van der Waals surface area (Å²) < 4.78 is 27.6. The lowest BCUT2D eigenvalue weighted by Gasteiger charge is -2.31. The second-order valence-corrected chi connectivity index (χ2v) is 11.7. The molecule has 3 heterocycles. The highest BCUT2D eigenvalue weighted by Crippen LogP contribution is 2.25. The molecule has 0 amide bonds. The van der Waals surface area contributed by atoms with E-state index < -0.39 is 10.0 Å². The van der Waals surface area contributed by atoms with Gasteiger partial charge in [-0.15, -0.1) is 0 Å². The topological polar surface area (TPSA) is 95.4 Å². The van der Waals surface area contributed by atoms with Gasteiger partial charge in [-0.05, 0) is 42.3 Å². The highest BCUT2D eigenvalue weighted by molar-refractivity contribution is 7.92. The fourth-order valence-electron chi connectivity index (χ4n) is 4.71. The second-order valence-electron chi connectivity index (χ2n) is 9.69. The average molecular weight is 520 g/mol. The number of anilines is 3. The third-order valence-corrected chi connectivity index (χ3v) is 7.93. The van der Waals surface area contributed by atoms with Crippen LogP contribution in [-0.4, -0.2) is 66.8 Å². The molecule has 1 aliphatic heterocycles. The molecule has 0 aliphatic carbocycles. The number of hydrogen-bond donors (Lipinski definition) is 2. The number of hydrogen-bond acceptors (Lipinski definition) is 7. The maximum Gasteiger partial charge on any atom is 0.232 e. The molecule has 0 spiro atoms. The van der Waals surface area contributed by atoms with E-state index in [4.69, 9.17) is 4.98 Å². The molecule has 0 radical (unpaired) electrons. The molecule has 0 bridgehead atoms. The predicted molar refractivity (Wildman–Crippen MR) is 149 cm³/mol. The third kappa shape index (κ3) is 5.93. The van der Waals surface area contributed by atoms with Gasteiger partial charge in [0.05, 0.1) is 18.5 Å². The van der Waals surface area contributed by atoms with Crippen LogP contribution in [-0.2, 0) is 23.1 Å². The lowest BCUT2D eigenvalue weighted by atomic mass is 10.1. The number of piperazine rings is 1. The van der Waals surface area contributed by atoms with Crippen LogP contribution >= 0.6 is 0 Å². The molecule has 1 fully saturated rings. The summed E-state index contributed by atoms with van der Waals surface area (Å²) in [6.45, 7) is 6.80. The zero-order chi connectivity index (χ0) is 26.0. The fourth-order valence-corrected chi connectivity index (χ4v) is 5.24. The minimum Gasteiger partial charge on any atom is -0.328 e. The van der Waals surface area contributed by atoms with Crippen LogP contribution in [0.1, 0.15) is 18.1 Å². The standard InChI is InChI=1S/C27H33N7O2S/c1-20-17-33(15-13-28-20)18-21-8-10-24(11-9-21)30-27-29-16-22-12-14-34(26(22)31-27)19-23-6-4-5-7-25(23)32(2)37(3,35)36/h4-12,14,16,20,28H,13,15,17-19H2,1-3H3,(H,29,30,31)/t20-/m0/s1. The van der Waals surface area contributed by atoms with E-state index in [0.29, 0.717) is 24.2 Å². The Labute approximate surface area is 218 Å². The van der Waals surface area contributed by atoms with Crippen LogP contribution < -0.4 is 14.9 Å². The molecule has 1 atom stereocenters. The highest BCUT2D eigenvalue weighted by atomic mass is 32.2. The molecule has 2 aromatic heterocycles. The predicted octanol–water partition coefficient (Wildman–Crippen LogP) is 3.41. The lowest BCUT2D eigenvalue weighted by molar-refractivity contribution is 0.199. The first-order valence-electron chi connectivity index (χ1n) is 12.4. The van der Waals surface area contributed by atoms with Crippen molar-refractivity contribution in [2.45, 2.75) is 26.1 Å². The van der Waals surface area contributed by atoms with E-state index in [1.807, 2.05) is 41.1 Å². The van der Waals surface area contributed by atoms with Crippen molar-refractivity contribution in [3.05, 3.63) is 78.1 Å². The van der Waals surface area contributed by atoms with E-state index in [1.54, 1.807) is 13.2 Å². The summed E-state index contributed by atoms with van der Waals surface area (Å²) in [6, 6.07) is 18.4. The van der Waals surface area contributed by atoms with Crippen molar-refractivity contribution >= 4 is 38.4 Å². The molecule has 194 valence electrons. The van der Waals surface area contributed by atoms with E-state index in [-0.39, 0.29) is 0 Å². The number of fused-ring (bicyclic) bond motifs is 1. The number of nitrogens with one attached hydrogen (secondary N) is 2. The number of nitrogens with zero attached hydrogens (tertiary/aromatic N) is 5. The molecule has 0 unspecified atom stereocenters. The number of benzene rings is 2. The van der Waals surface area contributed by atoms with Crippen LogP contribution in [0.2, 0.25) is 0 Å². The number of aromatic nitrogens is 3. The van der Waals surface area contributed by atoms with E-state index >= 15 is 0 Å². The molecule has 4 aromatic rings. The summed E-state index contributed by atoms with van der Waals surface area (Å²) >= 11 is 0. The summed E-state index contributed by atoms with van der Waals surface area (Å²) in [5.41, 5.74) is 4.52. The van der Waals surface area contributed by atoms with Gasteiger partial charge in [-0.2, -0.15) is 4.98 Å². The Morgan fingerprint density at radius 2 is 1.89 bits per heavy atom. The highest BCUT2D eigenvalue weighted by Gasteiger charge is 2.17. The van der Waals surface area contributed by atoms with E-state index in [1.165, 1.54) is 16.1 Å². The van der Waals surface area contributed by atoms with Gasteiger partial charge >= 0.3 is 0 Å². The van der Waals surface area contributed by atoms with Gasteiger partial charge in [-0.25, -0.2) is 13.4 Å². The fraction of sp³-hybridized carbons (Fsp3) is 0.333. The largest absolute Gasteiger partial charge is 0.328 e. The van der Waals surface area contributed by atoms with Crippen LogP contribution in [0.5, 0.6) is 0 Å². The van der Waals surface area contributed by atoms with Crippen LogP contribution in [0, 0.1) is 0 Å². The van der Waals surface area contributed by atoms with Gasteiger partial charge in [0.15, 0.2) is 0 Å². The molecule has 5 rings (SSSR count). The summed E-state index contributed by atoms with van der Waals surface area (Å²) in [5, 5.41) is 7.72. The quantitative estimate of drug-likeness (QED) is 0.368. The number of para-hydroxylation sites is 1.